The van der Waals surface area contributed by atoms with E-state index in [0.29, 0.717) is 18.6 Å². The van der Waals surface area contributed by atoms with Crippen LogP contribution < -0.4 is 11.1 Å². The number of benzene rings is 1. The molecule has 0 spiro atoms. The van der Waals surface area contributed by atoms with E-state index >= 15 is 0 Å². The van der Waals surface area contributed by atoms with E-state index in [4.69, 9.17) is 5.73 Å². The quantitative estimate of drug-likeness (QED) is 0.862. The highest BCUT2D eigenvalue weighted by Gasteiger charge is 2.06. The topological polar surface area (TPSA) is 38.0 Å². The predicted molar refractivity (Wildman–Crippen MR) is 69.0 cm³/mol. The molecule has 0 aliphatic heterocycles. The second kappa shape index (κ2) is 6.26. The maximum Gasteiger partial charge on any atom is 0.0175 e. The largest absolute Gasteiger partial charge is 0.329 e. The van der Waals surface area contributed by atoms with Crippen LogP contribution >= 0.6 is 15.9 Å². The fraction of sp³-hybridized carbons (Fsp3) is 0.500. The number of hydrogen-bond acceptors (Lipinski definition) is 2. The van der Waals surface area contributed by atoms with Gasteiger partial charge in [0.15, 0.2) is 0 Å². The standard InChI is InChI=1S/C12H19BrN2/c1-9(15-10(2)8-14)7-11-3-5-12(13)6-4-11/h3-6,9-10,15H,7-8,14H2,1-2H3. The number of nitrogens with two attached hydrogens (primary N) is 1. The minimum atomic E-state index is 0.385. The van der Waals surface area contributed by atoms with Crippen LogP contribution in [0.1, 0.15) is 19.4 Å². The van der Waals surface area contributed by atoms with Crippen LogP contribution in [0.15, 0.2) is 28.7 Å². The van der Waals surface area contributed by atoms with Gasteiger partial charge in [-0.1, -0.05) is 28.1 Å². The molecule has 1 aromatic rings. The van der Waals surface area contributed by atoms with E-state index in [1.54, 1.807) is 0 Å². The van der Waals surface area contributed by atoms with Gasteiger partial charge in [0.25, 0.3) is 0 Å². The van der Waals surface area contributed by atoms with Gasteiger partial charge < -0.3 is 11.1 Å². The fourth-order valence-electron chi connectivity index (χ4n) is 1.59. The van der Waals surface area contributed by atoms with E-state index < -0.39 is 0 Å². The van der Waals surface area contributed by atoms with Crippen molar-refractivity contribution in [1.82, 2.24) is 5.32 Å². The Hall–Kier alpha value is -0.380. The SMILES string of the molecule is CC(CN)NC(C)Cc1ccc(Br)cc1. The molecule has 1 rings (SSSR count). The third-order valence-electron chi connectivity index (χ3n) is 2.38. The number of halogens is 1. The average molecular weight is 271 g/mol. The Labute approximate surface area is 100 Å². The molecule has 0 bridgehead atoms. The van der Waals surface area contributed by atoms with Crippen molar-refractivity contribution in [2.45, 2.75) is 32.4 Å². The summed E-state index contributed by atoms with van der Waals surface area (Å²) in [5, 5.41) is 3.46. The summed E-state index contributed by atoms with van der Waals surface area (Å²) in [6.45, 7) is 4.98. The molecule has 3 N–H and O–H groups in total. The van der Waals surface area contributed by atoms with Crippen LogP contribution in [0.25, 0.3) is 0 Å². The Morgan fingerprint density at radius 2 is 1.80 bits per heavy atom. The molecule has 0 amide bonds. The van der Waals surface area contributed by atoms with Crippen LogP contribution in [0.2, 0.25) is 0 Å². The van der Waals surface area contributed by atoms with E-state index in [2.05, 4.69) is 59.4 Å². The smallest absolute Gasteiger partial charge is 0.0175 e. The van der Waals surface area contributed by atoms with E-state index in [1.807, 2.05) is 0 Å². The number of hydrogen-bond donors (Lipinski definition) is 2. The van der Waals surface area contributed by atoms with Gasteiger partial charge in [-0.15, -0.1) is 0 Å². The Morgan fingerprint density at radius 3 is 2.33 bits per heavy atom. The highest BCUT2D eigenvalue weighted by Crippen LogP contribution is 2.11. The lowest BCUT2D eigenvalue weighted by Gasteiger charge is -2.18. The maximum atomic E-state index is 5.56. The molecule has 2 unspecified atom stereocenters. The summed E-state index contributed by atoms with van der Waals surface area (Å²) >= 11 is 3.43. The summed E-state index contributed by atoms with van der Waals surface area (Å²) in [5.74, 6) is 0. The van der Waals surface area contributed by atoms with Gasteiger partial charge in [0.1, 0.15) is 0 Å². The first kappa shape index (κ1) is 12.7. The molecule has 0 saturated heterocycles. The van der Waals surface area contributed by atoms with Crippen molar-refractivity contribution in [2.24, 2.45) is 5.73 Å². The molecule has 84 valence electrons. The van der Waals surface area contributed by atoms with E-state index in [-0.39, 0.29) is 0 Å². The first-order chi connectivity index (χ1) is 7.11. The molecule has 1 aromatic carbocycles. The summed E-state index contributed by atoms with van der Waals surface area (Å²) in [5.41, 5.74) is 6.91. The van der Waals surface area contributed by atoms with Crippen molar-refractivity contribution in [3.05, 3.63) is 34.3 Å². The minimum absolute atomic E-state index is 0.385. The Kier molecular flexibility index (Phi) is 5.29. The summed E-state index contributed by atoms with van der Waals surface area (Å²) in [6, 6.07) is 9.30. The van der Waals surface area contributed by atoms with Crippen molar-refractivity contribution in [1.29, 1.82) is 0 Å². The molecular formula is C12H19BrN2. The lowest BCUT2D eigenvalue weighted by atomic mass is 10.1. The molecule has 15 heavy (non-hydrogen) atoms. The Bertz CT molecular complexity index is 284. The fourth-order valence-corrected chi connectivity index (χ4v) is 1.85. The van der Waals surface area contributed by atoms with Crippen molar-refractivity contribution >= 4 is 15.9 Å². The summed E-state index contributed by atoms with van der Waals surface area (Å²) in [7, 11) is 0. The van der Waals surface area contributed by atoms with Gasteiger partial charge >= 0.3 is 0 Å². The highest BCUT2D eigenvalue weighted by atomic mass is 79.9. The zero-order chi connectivity index (χ0) is 11.3. The van der Waals surface area contributed by atoms with Gasteiger partial charge in [-0.2, -0.15) is 0 Å². The molecule has 2 atom stereocenters. The first-order valence-electron chi connectivity index (χ1n) is 5.32. The predicted octanol–water partition coefficient (Wildman–Crippen LogP) is 2.32. The second-order valence-corrected chi connectivity index (χ2v) is 4.95. The third kappa shape index (κ3) is 4.78. The van der Waals surface area contributed by atoms with Gasteiger partial charge in [0.05, 0.1) is 0 Å². The zero-order valence-electron chi connectivity index (χ0n) is 9.33. The summed E-state index contributed by atoms with van der Waals surface area (Å²) in [4.78, 5) is 0. The molecule has 0 aliphatic carbocycles. The van der Waals surface area contributed by atoms with Crippen molar-refractivity contribution in [3.8, 4) is 0 Å². The van der Waals surface area contributed by atoms with Gasteiger partial charge in [-0.05, 0) is 38.0 Å². The minimum Gasteiger partial charge on any atom is -0.329 e. The first-order valence-corrected chi connectivity index (χ1v) is 6.11. The monoisotopic (exact) mass is 270 g/mol. The highest BCUT2D eigenvalue weighted by molar-refractivity contribution is 9.10. The zero-order valence-corrected chi connectivity index (χ0v) is 10.9. The molecule has 0 aliphatic rings. The molecule has 0 aromatic heterocycles. The maximum absolute atomic E-state index is 5.56. The third-order valence-corrected chi connectivity index (χ3v) is 2.91. The van der Waals surface area contributed by atoms with Gasteiger partial charge in [0.2, 0.25) is 0 Å². The molecular weight excluding hydrogens is 252 g/mol. The Morgan fingerprint density at radius 1 is 1.20 bits per heavy atom. The molecule has 0 fully saturated rings. The van der Waals surface area contributed by atoms with Crippen LogP contribution in [-0.4, -0.2) is 18.6 Å². The van der Waals surface area contributed by atoms with Crippen molar-refractivity contribution in [2.75, 3.05) is 6.54 Å². The van der Waals surface area contributed by atoms with E-state index in [1.165, 1.54) is 5.56 Å². The van der Waals surface area contributed by atoms with Crippen LogP contribution in [0.5, 0.6) is 0 Å². The Balaban J connectivity index is 2.44. The molecule has 0 saturated carbocycles. The van der Waals surface area contributed by atoms with Crippen LogP contribution in [0.3, 0.4) is 0 Å². The van der Waals surface area contributed by atoms with E-state index in [9.17, 15) is 0 Å². The van der Waals surface area contributed by atoms with Crippen molar-refractivity contribution < 1.29 is 0 Å². The van der Waals surface area contributed by atoms with Crippen LogP contribution in [-0.2, 0) is 6.42 Å². The van der Waals surface area contributed by atoms with Crippen molar-refractivity contribution in [3.63, 3.8) is 0 Å². The molecule has 0 heterocycles. The summed E-state index contributed by atoms with van der Waals surface area (Å²) in [6.07, 6.45) is 1.04. The number of nitrogens with one attached hydrogen (secondary N) is 1. The van der Waals surface area contributed by atoms with Gasteiger partial charge in [-0.3, -0.25) is 0 Å². The average Bonchev–Trinajstić information content (AvgIpc) is 2.21. The second-order valence-electron chi connectivity index (χ2n) is 4.04. The normalized spacial score (nSPS) is 14.9. The van der Waals surface area contributed by atoms with Crippen LogP contribution in [0.4, 0.5) is 0 Å². The van der Waals surface area contributed by atoms with E-state index in [0.717, 1.165) is 10.9 Å². The lowest BCUT2D eigenvalue weighted by Crippen LogP contribution is -2.40. The van der Waals surface area contributed by atoms with Gasteiger partial charge in [-0.25, -0.2) is 0 Å². The van der Waals surface area contributed by atoms with Crippen LogP contribution in [0, 0.1) is 0 Å². The molecule has 2 nitrogen and oxygen atoms in total. The summed E-state index contributed by atoms with van der Waals surface area (Å²) < 4.78 is 1.13. The van der Waals surface area contributed by atoms with Gasteiger partial charge in [0, 0.05) is 23.1 Å². The molecule has 0 radical (unpaired) electrons. The number of rotatable bonds is 5. The lowest BCUT2D eigenvalue weighted by molar-refractivity contribution is 0.470. The molecule has 3 heteroatoms.